The molecule has 1 heterocycles. The highest BCUT2D eigenvalue weighted by atomic mass is 31.1. The van der Waals surface area contributed by atoms with E-state index < -0.39 is 0 Å². The molecule has 0 amide bonds. The Kier molecular flexibility index (Phi) is 2.19. The molecule has 0 aliphatic heterocycles. The average molecular weight is 192 g/mol. The van der Waals surface area contributed by atoms with E-state index >= 15 is 0 Å². The van der Waals surface area contributed by atoms with Crippen molar-refractivity contribution < 1.29 is 14.1 Å². The maximum absolute atomic E-state index is 10.2. The number of fused-ring (bicyclic) bond motifs is 1. The van der Waals surface area contributed by atoms with Crippen molar-refractivity contribution in [1.29, 1.82) is 0 Å². The summed E-state index contributed by atoms with van der Waals surface area (Å²) in [7, 11) is -0.325. The Hall–Kier alpha value is -1.47. The summed E-state index contributed by atoms with van der Waals surface area (Å²) in [5.41, 5.74) is 1.03. The van der Waals surface area contributed by atoms with Gasteiger partial charge < -0.3 is 4.52 Å². The number of pyridine rings is 1. The van der Waals surface area contributed by atoms with Gasteiger partial charge in [-0.2, -0.15) is 0 Å². The summed E-state index contributed by atoms with van der Waals surface area (Å²) in [6, 6.07) is 9.34. The largest absolute Gasteiger partial charge is 0.408 e. The van der Waals surface area contributed by atoms with E-state index in [9.17, 15) is 4.57 Å². The summed E-state index contributed by atoms with van der Waals surface area (Å²) >= 11 is 0. The Bertz CT molecular complexity index is 444. The van der Waals surface area contributed by atoms with Crippen molar-refractivity contribution >= 4 is 19.6 Å². The second kappa shape index (κ2) is 3.50. The molecule has 64 valence electrons. The molecule has 1 N–H and O–H groups in total. The van der Waals surface area contributed by atoms with Gasteiger partial charge in [-0.15, -0.1) is 0 Å². The van der Waals surface area contributed by atoms with E-state index in [1.54, 1.807) is 6.07 Å². The molecule has 0 atom stereocenters. The van der Waals surface area contributed by atoms with Gasteiger partial charge in [0.05, 0.1) is 0 Å². The van der Waals surface area contributed by atoms with Crippen molar-refractivity contribution in [2.24, 2.45) is 0 Å². The first-order valence-corrected chi connectivity index (χ1v) is 4.53. The molecule has 0 aliphatic rings. The Morgan fingerprint density at radius 1 is 1.31 bits per heavy atom. The summed E-state index contributed by atoms with van der Waals surface area (Å²) in [5, 5.41) is 1.03. The maximum Gasteiger partial charge on any atom is 0.395 e. The second-order valence-corrected chi connectivity index (χ2v) is 2.92. The normalized spacial score (nSPS) is 10.5. The highest BCUT2D eigenvalue weighted by Crippen LogP contribution is 2.19. The van der Waals surface area contributed by atoms with Crippen molar-refractivity contribution in [3.8, 4) is 5.75 Å². The van der Waals surface area contributed by atoms with E-state index in [0.717, 1.165) is 10.9 Å². The van der Waals surface area contributed by atoms with Crippen molar-refractivity contribution in [1.82, 2.24) is 0 Å². The van der Waals surface area contributed by atoms with Crippen molar-refractivity contribution in [3.05, 3.63) is 36.5 Å². The minimum Gasteiger partial charge on any atom is -0.408 e. The summed E-state index contributed by atoms with van der Waals surface area (Å²) in [6.07, 6.45) is 1.86. The minimum absolute atomic E-state index is 0.325. The third-order valence-electron chi connectivity index (χ3n) is 1.78. The molecule has 4 heteroatoms. The maximum atomic E-state index is 10.2. The van der Waals surface area contributed by atoms with Crippen LogP contribution in [0.5, 0.6) is 5.75 Å². The van der Waals surface area contributed by atoms with E-state index in [1.807, 2.05) is 30.5 Å². The molecule has 0 fully saturated rings. The number of rotatable bonds is 2. The van der Waals surface area contributed by atoms with Crippen molar-refractivity contribution in [3.63, 3.8) is 0 Å². The molecule has 0 unspecified atom stereocenters. The third kappa shape index (κ3) is 1.65. The Labute approximate surface area is 76.7 Å². The number of aromatic nitrogens is 1. The van der Waals surface area contributed by atoms with Crippen LogP contribution in [-0.2, 0) is 4.57 Å². The molecular weight excluding hydrogens is 185 g/mol. The fourth-order valence-corrected chi connectivity index (χ4v) is 1.40. The van der Waals surface area contributed by atoms with Crippen LogP contribution >= 0.6 is 8.69 Å². The molecule has 2 rings (SSSR count). The van der Waals surface area contributed by atoms with Crippen LogP contribution in [0.3, 0.4) is 0 Å². The lowest BCUT2D eigenvalue weighted by atomic mass is 10.2. The molecule has 0 aliphatic carbocycles. The molecule has 0 spiro atoms. The SMILES string of the molecule is O=POc1ccc2[nH+]cccc2c1. The van der Waals surface area contributed by atoms with Gasteiger partial charge >= 0.3 is 8.69 Å². The lowest BCUT2D eigenvalue weighted by Gasteiger charge is -1.95. The molecule has 2 aromatic rings. The van der Waals surface area contributed by atoms with Gasteiger partial charge in [-0.1, -0.05) is 0 Å². The van der Waals surface area contributed by atoms with E-state index in [2.05, 4.69) is 4.98 Å². The fourth-order valence-electron chi connectivity index (χ4n) is 1.20. The molecule has 1 aromatic carbocycles. The van der Waals surface area contributed by atoms with Gasteiger partial charge in [0.2, 0.25) is 5.52 Å². The standard InChI is InChI=1S/C9H6NO2P/c11-13-12-8-3-4-9-7(6-8)2-1-5-10-9/h1-6H/p+1. The van der Waals surface area contributed by atoms with Gasteiger partial charge in [0, 0.05) is 17.5 Å². The predicted molar refractivity (Wildman–Crippen MR) is 48.7 cm³/mol. The summed E-state index contributed by atoms with van der Waals surface area (Å²) in [5.74, 6) is 0.601. The monoisotopic (exact) mass is 192 g/mol. The number of hydrogen-bond donors (Lipinski definition) is 0. The Morgan fingerprint density at radius 3 is 3.08 bits per heavy atom. The highest BCUT2D eigenvalue weighted by Gasteiger charge is 2.00. The zero-order chi connectivity index (χ0) is 9.10. The number of aromatic amines is 1. The highest BCUT2D eigenvalue weighted by molar-refractivity contribution is 7.17. The molecule has 0 radical (unpaired) electrons. The third-order valence-corrected chi connectivity index (χ3v) is 2.06. The lowest BCUT2D eigenvalue weighted by Crippen LogP contribution is -2.00. The van der Waals surface area contributed by atoms with Gasteiger partial charge in [0.1, 0.15) is 5.75 Å². The zero-order valence-electron chi connectivity index (χ0n) is 6.73. The summed E-state index contributed by atoms with van der Waals surface area (Å²) in [6.45, 7) is 0. The molecule has 0 saturated heterocycles. The van der Waals surface area contributed by atoms with E-state index in [4.69, 9.17) is 4.52 Å². The van der Waals surface area contributed by atoms with Gasteiger partial charge in [-0.25, -0.2) is 9.55 Å². The van der Waals surface area contributed by atoms with Gasteiger partial charge in [0.25, 0.3) is 0 Å². The van der Waals surface area contributed by atoms with Crippen LogP contribution in [0.4, 0.5) is 0 Å². The van der Waals surface area contributed by atoms with Crippen LogP contribution in [0.15, 0.2) is 36.5 Å². The van der Waals surface area contributed by atoms with Crippen LogP contribution in [0.1, 0.15) is 0 Å². The summed E-state index contributed by atoms with van der Waals surface area (Å²) < 4.78 is 15.0. The molecule has 13 heavy (non-hydrogen) atoms. The van der Waals surface area contributed by atoms with E-state index in [0.29, 0.717) is 5.75 Å². The van der Waals surface area contributed by atoms with E-state index in [-0.39, 0.29) is 8.69 Å². The van der Waals surface area contributed by atoms with Crippen LogP contribution in [-0.4, -0.2) is 0 Å². The predicted octanol–water partition coefficient (Wildman–Crippen LogP) is 2.24. The number of H-pyrrole nitrogens is 1. The lowest BCUT2D eigenvalue weighted by molar-refractivity contribution is -0.344. The summed E-state index contributed by atoms with van der Waals surface area (Å²) in [4.78, 5) is 3.08. The van der Waals surface area contributed by atoms with Gasteiger partial charge in [-0.05, 0) is 18.2 Å². The first-order valence-electron chi connectivity index (χ1n) is 3.80. The van der Waals surface area contributed by atoms with Crippen LogP contribution < -0.4 is 9.51 Å². The van der Waals surface area contributed by atoms with Crippen LogP contribution in [0, 0.1) is 0 Å². The van der Waals surface area contributed by atoms with Crippen LogP contribution in [0.2, 0.25) is 0 Å². The van der Waals surface area contributed by atoms with Crippen molar-refractivity contribution in [2.75, 3.05) is 0 Å². The fraction of sp³-hybridized carbons (Fsp3) is 0. The van der Waals surface area contributed by atoms with E-state index in [1.165, 1.54) is 0 Å². The topological polar surface area (TPSA) is 40.4 Å². The molecule has 1 aromatic heterocycles. The Balaban J connectivity index is 2.55. The molecule has 3 nitrogen and oxygen atoms in total. The van der Waals surface area contributed by atoms with Crippen LogP contribution in [0.25, 0.3) is 10.9 Å². The van der Waals surface area contributed by atoms with Gasteiger partial charge in [-0.3, -0.25) is 0 Å². The zero-order valence-corrected chi connectivity index (χ0v) is 7.62. The number of benzene rings is 1. The minimum atomic E-state index is -0.325. The first-order chi connectivity index (χ1) is 6.40. The average Bonchev–Trinajstić information content (AvgIpc) is 2.18. The molecule has 0 bridgehead atoms. The van der Waals surface area contributed by atoms with Crippen molar-refractivity contribution in [2.45, 2.75) is 0 Å². The quantitative estimate of drug-likeness (QED) is 0.684. The second-order valence-electron chi connectivity index (χ2n) is 2.59. The number of nitrogens with one attached hydrogen (secondary N) is 1. The number of hydrogen-bond acceptors (Lipinski definition) is 2. The Morgan fingerprint density at radius 2 is 2.23 bits per heavy atom. The smallest absolute Gasteiger partial charge is 0.395 e. The first kappa shape index (κ1) is 8.14. The molecular formula is C9H7NO2P+. The van der Waals surface area contributed by atoms with Gasteiger partial charge in [0.15, 0.2) is 6.20 Å². The molecule has 0 saturated carbocycles.